The Bertz CT molecular complexity index is 418. The minimum atomic E-state index is -2.85. The number of carbonyl (C=O) groups excluding carboxylic acids is 1. The summed E-state index contributed by atoms with van der Waals surface area (Å²) in [5.41, 5.74) is 0. The number of amides is 1. The Kier molecular flexibility index (Phi) is 6.19. The number of hydrogen-bond acceptors (Lipinski definition) is 9. The normalized spacial score (nSPS) is 34.7. The summed E-state index contributed by atoms with van der Waals surface area (Å²) in [6.07, 6.45) is -7.92. The van der Waals surface area contributed by atoms with Gasteiger partial charge in [0.2, 0.25) is 5.91 Å². The third kappa shape index (κ3) is 3.89. The summed E-state index contributed by atoms with van der Waals surface area (Å²) in [6, 6.07) is -1.42. The third-order valence-corrected chi connectivity index (χ3v) is 3.31. The lowest BCUT2D eigenvalue weighted by atomic mass is 9.88. The first-order valence-corrected chi connectivity index (χ1v) is 6.35. The van der Waals surface area contributed by atoms with Crippen LogP contribution in [0.1, 0.15) is 6.42 Å². The van der Waals surface area contributed by atoms with Gasteiger partial charge in [0, 0.05) is 6.42 Å². The van der Waals surface area contributed by atoms with E-state index in [1.807, 2.05) is 0 Å². The van der Waals surface area contributed by atoms with Gasteiger partial charge in [0.1, 0.15) is 24.9 Å². The van der Waals surface area contributed by atoms with Gasteiger partial charge in [0.05, 0.1) is 18.8 Å². The van der Waals surface area contributed by atoms with Crippen molar-refractivity contribution in [2.75, 3.05) is 13.2 Å². The molecule has 1 fully saturated rings. The topological polar surface area (TPSA) is 197 Å². The zero-order valence-corrected chi connectivity index (χ0v) is 11.4. The van der Waals surface area contributed by atoms with E-state index >= 15 is 0 Å². The van der Waals surface area contributed by atoms with Gasteiger partial charge in [0.15, 0.2) is 0 Å². The van der Waals surface area contributed by atoms with Gasteiger partial charge in [-0.1, -0.05) is 0 Å². The molecule has 0 saturated carbocycles. The molecule has 0 aliphatic carbocycles. The second-order valence-electron chi connectivity index (χ2n) is 4.94. The molecule has 8 N–H and O–H groups in total. The summed E-state index contributed by atoms with van der Waals surface area (Å²) in [6.45, 7) is -1.86. The molecule has 11 heteroatoms. The molecule has 0 bridgehead atoms. The Morgan fingerprint density at radius 3 is 2.36 bits per heavy atom. The molecule has 11 nitrogen and oxygen atoms in total. The van der Waals surface area contributed by atoms with Crippen molar-refractivity contribution >= 4 is 11.9 Å². The van der Waals surface area contributed by atoms with Gasteiger partial charge in [-0.25, -0.2) is 4.79 Å². The van der Waals surface area contributed by atoms with Crippen molar-refractivity contribution in [2.45, 2.75) is 42.7 Å². The number of aliphatic carboxylic acids is 1. The molecular formula is C11H19NO10. The van der Waals surface area contributed by atoms with Gasteiger partial charge in [-0.05, 0) is 0 Å². The fourth-order valence-electron chi connectivity index (χ4n) is 2.13. The maximum Gasteiger partial charge on any atom is 0.364 e. The molecule has 1 aliphatic rings. The van der Waals surface area contributed by atoms with Crippen molar-refractivity contribution in [1.82, 2.24) is 5.32 Å². The number of carbonyl (C=O) groups is 2. The summed E-state index contributed by atoms with van der Waals surface area (Å²) in [4.78, 5) is 22.2. The summed E-state index contributed by atoms with van der Waals surface area (Å²) in [5, 5.41) is 67.5. The zero-order valence-electron chi connectivity index (χ0n) is 11.4. The van der Waals surface area contributed by atoms with Crippen molar-refractivity contribution in [3.8, 4) is 0 Å². The Morgan fingerprint density at radius 1 is 1.32 bits per heavy atom. The highest BCUT2D eigenvalue weighted by molar-refractivity contribution is 5.78. The molecule has 0 aromatic carbocycles. The Morgan fingerprint density at radius 2 is 1.91 bits per heavy atom. The predicted molar refractivity (Wildman–Crippen MR) is 66.2 cm³/mol. The van der Waals surface area contributed by atoms with Gasteiger partial charge >= 0.3 is 5.97 Å². The van der Waals surface area contributed by atoms with Crippen molar-refractivity contribution in [3.63, 3.8) is 0 Å². The highest BCUT2D eigenvalue weighted by Gasteiger charge is 2.53. The molecule has 0 aromatic rings. The number of hydrogen-bond donors (Lipinski definition) is 8. The van der Waals surface area contributed by atoms with Crippen LogP contribution in [-0.2, 0) is 14.3 Å². The van der Waals surface area contributed by atoms with Crippen LogP contribution in [0.2, 0.25) is 0 Å². The lowest BCUT2D eigenvalue weighted by Gasteiger charge is -2.44. The molecule has 1 heterocycles. The number of rotatable bonds is 6. The first-order chi connectivity index (χ1) is 10.2. The van der Waals surface area contributed by atoms with Crippen LogP contribution in [-0.4, -0.2) is 97.1 Å². The van der Waals surface area contributed by atoms with Crippen molar-refractivity contribution in [3.05, 3.63) is 0 Å². The lowest BCUT2D eigenvalue weighted by molar-refractivity contribution is -0.295. The number of nitrogens with one attached hydrogen (secondary N) is 1. The number of aliphatic hydroxyl groups is 6. The third-order valence-electron chi connectivity index (χ3n) is 3.31. The van der Waals surface area contributed by atoms with E-state index in [2.05, 4.69) is 5.32 Å². The fraction of sp³-hybridized carbons (Fsp3) is 0.818. The molecule has 6 atom stereocenters. The van der Waals surface area contributed by atoms with Crippen LogP contribution in [0, 0.1) is 0 Å². The summed E-state index contributed by atoms with van der Waals surface area (Å²) in [5.74, 6) is -5.64. The molecule has 3 unspecified atom stereocenters. The second-order valence-corrected chi connectivity index (χ2v) is 4.94. The standard InChI is InChI=1S/C11H19NO10/c13-2-5(16)8(18)9-7(12-6(17)3-14)4(15)1-11(21,22-9)10(19)20/h4-5,7-9,13-16,18,21H,1-3H2,(H,12,17)(H,19,20)/t4?,5-,7?,8-,9?,11-/m1/s1. The van der Waals surface area contributed by atoms with Crippen molar-refractivity contribution in [1.29, 1.82) is 0 Å². The largest absolute Gasteiger partial charge is 0.477 e. The van der Waals surface area contributed by atoms with E-state index in [1.165, 1.54) is 0 Å². The second kappa shape index (κ2) is 7.28. The van der Waals surface area contributed by atoms with Gasteiger partial charge in [-0.2, -0.15) is 0 Å². The summed E-state index contributed by atoms with van der Waals surface area (Å²) < 4.78 is 4.83. The molecule has 1 amide bonds. The smallest absolute Gasteiger partial charge is 0.364 e. The minimum Gasteiger partial charge on any atom is -0.477 e. The number of aliphatic hydroxyl groups excluding tert-OH is 5. The predicted octanol–water partition coefficient (Wildman–Crippen LogP) is -4.90. The Balaban J connectivity index is 3.07. The molecule has 0 aromatic heterocycles. The van der Waals surface area contributed by atoms with Gasteiger partial charge in [-0.3, -0.25) is 4.79 Å². The highest BCUT2D eigenvalue weighted by atomic mass is 16.7. The van der Waals surface area contributed by atoms with Crippen molar-refractivity contribution in [2.24, 2.45) is 0 Å². The van der Waals surface area contributed by atoms with E-state index in [1.54, 1.807) is 0 Å². The Labute approximate surface area is 124 Å². The van der Waals surface area contributed by atoms with Crippen LogP contribution in [0.25, 0.3) is 0 Å². The van der Waals surface area contributed by atoms with Crippen LogP contribution in [0.4, 0.5) is 0 Å². The van der Waals surface area contributed by atoms with E-state index in [9.17, 15) is 30.0 Å². The van der Waals surface area contributed by atoms with E-state index in [-0.39, 0.29) is 0 Å². The molecule has 22 heavy (non-hydrogen) atoms. The number of ether oxygens (including phenoxy) is 1. The van der Waals surface area contributed by atoms with Gasteiger partial charge in [0.25, 0.3) is 5.79 Å². The zero-order chi connectivity index (χ0) is 17.1. The average molecular weight is 325 g/mol. The highest BCUT2D eigenvalue weighted by Crippen LogP contribution is 2.30. The van der Waals surface area contributed by atoms with E-state index < -0.39 is 67.8 Å². The van der Waals surface area contributed by atoms with Crippen LogP contribution in [0.3, 0.4) is 0 Å². The van der Waals surface area contributed by atoms with Crippen molar-refractivity contribution < 1.29 is 50.1 Å². The first-order valence-electron chi connectivity index (χ1n) is 6.35. The summed E-state index contributed by atoms with van der Waals surface area (Å²) in [7, 11) is 0. The molecule has 128 valence electrons. The van der Waals surface area contributed by atoms with Gasteiger partial charge < -0.3 is 45.8 Å². The summed E-state index contributed by atoms with van der Waals surface area (Å²) >= 11 is 0. The monoisotopic (exact) mass is 325 g/mol. The van der Waals surface area contributed by atoms with E-state index in [4.69, 9.17) is 20.1 Å². The molecule has 1 aliphatic heterocycles. The number of carboxylic acid groups (broad SMARTS) is 1. The molecule has 1 saturated heterocycles. The molecular weight excluding hydrogens is 306 g/mol. The minimum absolute atomic E-state index is 0.822. The quantitative estimate of drug-likeness (QED) is 0.234. The maximum atomic E-state index is 11.2. The van der Waals surface area contributed by atoms with E-state index in [0.29, 0.717) is 0 Å². The van der Waals surface area contributed by atoms with Crippen LogP contribution in [0.5, 0.6) is 0 Å². The lowest BCUT2D eigenvalue weighted by Crippen LogP contribution is -2.67. The maximum absolute atomic E-state index is 11.2. The van der Waals surface area contributed by atoms with E-state index in [0.717, 1.165) is 0 Å². The first kappa shape index (κ1) is 18.7. The average Bonchev–Trinajstić information content (AvgIpc) is 2.47. The van der Waals surface area contributed by atoms with Crippen LogP contribution in [0.15, 0.2) is 0 Å². The SMILES string of the molecule is O=C(CO)NC1C(O)C[C@](O)(C(=O)O)OC1[C@H](O)[C@H](O)CO. The van der Waals surface area contributed by atoms with Gasteiger partial charge in [-0.15, -0.1) is 0 Å². The molecule has 0 spiro atoms. The molecule has 0 radical (unpaired) electrons. The Hall–Kier alpha value is -1.34. The van der Waals surface area contributed by atoms with Crippen LogP contribution < -0.4 is 5.32 Å². The van der Waals surface area contributed by atoms with Crippen LogP contribution >= 0.6 is 0 Å². The number of carboxylic acids is 1. The fourth-order valence-corrected chi connectivity index (χ4v) is 2.13. The molecule has 1 rings (SSSR count).